The number of carbonyl (C=O) groups excluding carboxylic acids is 1. The lowest BCUT2D eigenvalue weighted by Gasteiger charge is -2.11. The molecule has 0 unspecified atom stereocenters. The molecule has 0 heterocycles. The van der Waals surface area contributed by atoms with Gasteiger partial charge in [0.15, 0.2) is 0 Å². The first-order valence-corrected chi connectivity index (χ1v) is 6.19. The SMILES string of the molecule is CONC(=O)c1ccc(S(=O)(=O)N(C)C)cc1. The number of benzene rings is 1. The monoisotopic (exact) mass is 258 g/mol. The van der Waals surface area contributed by atoms with Crippen molar-refractivity contribution < 1.29 is 18.0 Å². The molecule has 1 aromatic rings. The Kier molecular flexibility index (Phi) is 4.22. The molecule has 0 spiro atoms. The number of sulfonamides is 1. The van der Waals surface area contributed by atoms with Crippen LogP contribution < -0.4 is 5.48 Å². The Morgan fingerprint density at radius 3 is 2.18 bits per heavy atom. The van der Waals surface area contributed by atoms with Crippen molar-refractivity contribution >= 4 is 15.9 Å². The second kappa shape index (κ2) is 5.26. The summed E-state index contributed by atoms with van der Waals surface area (Å²) in [5.74, 6) is -0.429. The number of nitrogens with one attached hydrogen (secondary N) is 1. The summed E-state index contributed by atoms with van der Waals surface area (Å²) < 4.78 is 24.6. The highest BCUT2D eigenvalue weighted by atomic mass is 32.2. The summed E-state index contributed by atoms with van der Waals surface area (Å²) >= 11 is 0. The van der Waals surface area contributed by atoms with Gasteiger partial charge in [-0.05, 0) is 24.3 Å². The first kappa shape index (κ1) is 13.6. The largest absolute Gasteiger partial charge is 0.277 e. The standard InChI is InChI=1S/C10H14N2O4S/c1-12(2)17(14,15)9-6-4-8(5-7-9)10(13)11-16-3/h4-7H,1-3H3,(H,11,13). The van der Waals surface area contributed by atoms with E-state index in [1.807, 2.05) is 0 Å². The molecule has 1 amide bonds. The number of amides is 1. The topological polar surface area (TPSA) is 75.7 Å². The average molecular weight is 258 g/mol. The quantitative estimate of drug-likeness (QED) is 0.784. The smallest absolute Gasteiger partial charge is 0.274 e. The van der Waals surface area contributed by atoms with Gasteiger partial charge in [0.1, 0.15) is 0 Å². The second-order valence-electron chi connectivity index (χ2n) is 3.45. The van der Waals surface area contributed by atoms with Crippen LogP contribution in [0.3, 0.4) is 0 Å². The lowest BCUT2D eigenvalue weighted by Crippen LogP contribution is -2.23. The van der Waals surface area contributed by atoms with Gasteiger partial charge in [-0.15, -0.1) is 0 Å². The molecular weight excluding hydrogens is 244 g/mol. The van der Waals surface area contributed by atoms with E-state index in [4.69, 9.17) is 0 Å². The second-order valence-corrected chi connectivity index (χ2v) is 5.60. The zero-order valence-corrected chi connectivity index (χ0v) is 10.6. The van der Waals surface area contributed by atoms with Gasteiger partial charge >= 0.3 is 0 Å². The highest BCUT2D eigenvalue weighted by Crippen LogP contribution is 2.13. The van der Waals surface area contributed by atoms with Crippen molar-refractivity contribution in [3.8, 4) is 0 Å². The zero-order valence-electron chi connectivity index (χ0n) is 9.80. The molecule has 7 heteroatoms. The third-order valence-corrected chi connectivity index (χ3v) is 3.92. The van der Waals surface area contributed by atoms with Gasteiger partial charge in [-0.2, -0.15) is 0 Å². The molecule has 94 valence electrons. The van der Waals surface area contributed by atoms with E-state index >= 15 is 0 Å². The average Bonchev–Trinajstić information content (AvgIpc) is 2.29. The van der Waals surface area contributed by atoms with Gasteiger partial charge in [-0.25, -0.2) is 18.2 Å². The predicted molar refractivity (Wildman–Crippen MR) is 61.8 cm³/mol. The predicted octanol–water partition coefficient (Wildman–Crippen LogP) is 0.228. The molecule has 0 saturated heterocycles. The van der Waals surface area contributed by atoms with Gasteiger partial charge in [0, 0.05) is 19.7 Å². The fraction of sp³-hybridized carbons (Fsp3) is 0.300. The van der Waals surface area contributed by atoms with Gasteiger partial charge in [0.25, 0.3) is 5.91 Å². The summed E-state index contributed by atoms with van der Waals surface area (Å²) in [7, 11) is 0.752. The van der Waals surface area contributed by atoms with Crippen molar-refractivity contribution in [2.45, 2.75) is 4.90 Å². The molecule has 0 bridgehead atoms. The van der Waals surface area contributed by atoms with Crippen LogP contribution in [0.2, 0.25) is 0 Å². The van der Waals surface area contributed by atoms with Crippen LogP contribution in [0.4, 0.5) is 0 Å². The van der Waals surface area contributed by atoms with Gasteiger partial charge in [-0.3, -0.25) is 9.63 Å². The Hall–Kier alpha value is -1.44. The maximum absolute atomic E-state index is 11.7. The Labute approximate surface area is 100 Å². The van der Waals surface area contributed by atoms with Crippen molar-refractivity contribution in [2.75, 3.05) is 21.2 Å². The van der Waals surface area contributed by atoms with Gasteiger partial charge in [0.2, 0.25) is 10.0 Å². The first-order chi connectivity index (χ1) is 7.89. The summed E-state index contributed by atoms with van der Waals surface area (Å²) in [5, 5.41) is 0. The number of hydrogen-bond donors (Lipinski definition) is 1. The third kappa shape index (κ3) is 3.02. The number of hydroxylamine groups is 1. The van der Waals surface area contributed by atoms with Crippen LogP contribution in [0.1, 0.15) is 10.4 Å². The normalized spacial score (nSPS) is 11.5. The molecule has 0 atom stereocenters. The number of nitrogens with zero attached hydrogens (tertiary/aromatic N) is 1. The molecule has 0 saturated carbocycles. The minimum atomic E-state index is -3.46. The van der Waals surface area contributed by atoms with Crippen molar-refractivity contribution in [3.05, 3.63) is 29.8 Å². The molecule has 0 radical (unpaired) electrons. The highest BCUT2D eigenvalue weighted by molar-refractivity contribution is 7.89. The van der Waals surface area contributed by atoms with E-state index in [2.05, 4.69) is 10.3 Å². The summed E-state index contributed by atoms with van der Waals surface area (Å²) in [6, 6.07) is 5.59. The Morgan fingerprint density at radius 2 is 1.76 bits per heavy atom. The molecule has 0 fully saturated rings. The van der Waals surface area contributed by atoms with Crippen LogP contribution in [0, 0.1) is 0 Å². The van der Waals surface area contributed by atoms with Crippen LogP contribution >= 0.6 is 0 Å². The molecule has 1 aromatic carbocycles. The van der Waals surface area contributed by atoms with Crippen LogP contribution in [-0.4, -0.2) is 39.8 Å². The molecule has 0 aliphatic heterocycles. The van der Waals surface area contributed by atoms with Crippen LogP contribution in [-0.2, 0) is 14.9 Å². The molecule has 1 N–H and O–H groups in total. The lowest BCUT2D eigenvalue weighted by atomic mass is 10.2. The summed E-state index contributed by atoms with van der Waals surface area (Å²) in [4.78, 5) is 15.9. The van der Waals surface area contributed by atoms with E-state index in [0.717, 1.165) is 4.31 Å². The molecule has 0 aliphatic rings. The Bertz CT molecular complexity index is 494. The van der Waals surface area contributed by atoms with E-state index in [9.17, 15) is 13.2 Å². The van der Waals surface area contributed by atoms with E-state index in [0.29, 0.717) is 5.56 Å². The Balaban J connectivity index is 3.01. The minimum absolute atomic E-state index is 0.136. The van der Waals surface area contributed by atoms with Gasteiger partial charge < -0.3 is 0 Å². The molecule has 0 aromatic heterocycles. The molecule has 1 rings (SSSR count). The highest BCUT2D eigenvalue weighted by Gasteiger charge is 2.17. The number of hydrogen-bond acceptors (Lipinski definition) is 4. The molecule has 0 aliphatic carbocycles. The summed E-state index contributed by atoms with van der Waals surface area (Å²) in [6.07, 6.45) is 0. The fourth-order valence-corrected chi connectivity index (χ4v) is 2.04. The van der Waals surface area contributed by atoms with Crippen LogP contribution in [0.5, 0.6) is 0 Å². The van der Waals surface area contributed by atoms with Crippen molar-refractivity contribution in [1.29, 1.82) is 0 Å². The van der Waals surface area contributed by atoms with Gasteiger partial charge in [0.05, 0.1) is 12.0 Å². The minimum Gasteiger partial charge on any atom is -0.277 e. The molecule has 6 nitrogen and oxygen atoms in total. The van der Waals surface area contributed by atoms with Crippen molar-refractivity contribution in [1.82, 2.24) is 9.79 Å². The molecule has 17 heavy (non-hydrogen) atoms. The van der Waals surface area contributed by atoms with E-state index in [1.165, 1.54) is 45.5 Å². The number of carbonyl (C=O) groups is 1. The lowest BCUT2D eigenvalue weighted by molar-refractivity contribution is 0.0537. The van der Waals surface area contributed by atoms with Crippen LogP contribution in [0.25, 0.3) is 0 Å². The first-order valence-electron chi connectivity index (χ1n) is 4.75. The fourth-order valence-electron chi connectivity index (χ4n) is 1.14. The molecular formula is C10H14N2O4S. The van der Waals surface area contributed by atoms with E-state index in [1.54, 1.807) is 0 Å². The maximum atomic E-state index is 11.7. The maximum Gasteiger partial charge on any atom is 0.274 e. The van der Waals surface area contributed by atoms with Crippen LogP contribution in [0.15, 0.2) is 29.2 Å². The number of rotatable bonds is 4. The van der Waals surface area contributed by atoms with Crippen molar-refractivity contribution in [2.24, 2.45) is 0 Å². The summed E-state index contributed by atoms with van der Waals surface area (Å²) in [5.41, 5.74) is 2.47. The third-order valence-electron chi connectivity index (χ3n) is 2.09. The zero-order chi connectivity index (χ0) is 13.1. The van der Waals surface area contributed by atoms with Gasteiger partial charge in [-0.1, -0.05) is 0 Å². The van der Waals surface area contributed by atoms with E-state index in [-0.39, 0.29) is 4.90 Å². The Morgan fingerprint density at radius 1 is 1.24 bits per heavy atom. The van der Waals surface area contributed by atoms with E-state index < -0.39 is 15.9 Å². The summed E-state index contributed by atoms with van der Waals surface area (Å²) in [6.45, 7) is 0. The van der Waals surface area contributed by atoms with Crippen molar-refractivity contribution in [3.63, 3.8) is 0 Å².